The Kier molecular flexibility index (Phi) is 5.81. The highest BCUT2D eigenvalue weighted by Gasteiger charge is 2.13. The highest BCUT2D eigenvalue weighted by molar-refractivity contribution is 5.67. The third-order valence-electron chi connectivity index (χ3n) is 5.07. The summed E-state index contributed by atoms with van der Waals surface area (Å²) >= 11 is 0. The lowest BCUT2D eigenvalue weighted by atomic mass is 10.1. The molecule has 0 amide bonds. The summed E-state index contributed by atoms with van der Waals surface area (Å²) in [5.74, 6) is 0.987. The molecule has 10 heteroatoms. The SMILES string of the molecule is Cc1nn(C)c(C)c1Nc1ncc(-c2ccc(C#N)c(OC(C)Cn3cncn3)c2)cn1. The first kappa shape index (κ1) is 21.0. The predicted molar refractivity (Wildman–Crippen MR) is 118 cm³/mol. The molecule has 1 unspecified atom stereocenters. The third-order valence-corrected chi connectivity index (χ3v) is 5.07. The van der Waals surface area contributed by atoms with Gasteiger partial charge >= 0.3 is 0 Å². The zero-order valence-electron chi connectivity index (χ0n) is 18.3. The van der Waals surface area contributed by atoms with Crippen LogP contribution in [0.2, 0.25) is 0 Å². The lowest BCUT2D eigenvalue weighted by Gasteiger charge is -2.16. The van der Waals surface area contributed by atoms with E-state index in [4.69, 9.17) is 4.74 Å². The number of rotatable bonds is 7. The normalized spacial score (nSPS) is 11.7. The van der Waals surface area contributed by atoms with Gasteiger partial charge in [0.2, 0.25) is 5.95 Å². The van der Waals surface area contributed by atoms with Crippen molar-refractivity contribution in [2.24, 2.45) is 7.05 Å². The maximum atomic E-state index is 9.48. The highest BCUT2D eigenvalue weighted by Crippen LogP contribution is 2.28. The second-order valence-electron chi connectivity index (χ2n) is 7.46. The second kappa shape index (κ2) is 8.85. The van der Waals surface area contributed by atoms with E-state index in [0.717, 1.165) is 28.2 Å². The summed E-state index contributed by atoms with van der Waals surface area (Å²) in [6.07, 6.45) is 6.38. The maximum Gasteiger partial charge on any atom is 0.227 e. The van der Waals surface area contributed by atoms with Crippen LogP contribution < -0.4 is 10.1 Å². The van der Waals surface area contributed by atoms with Crippen molar-refractivity contribution in [3.05, 3.63) is 60.2 Å². The van der Waals surface area contributed by atoms with Crippen LogP contribution >= 0.6 is 0 Å². The van der Waals surface area contributed by atoms with Gasteiger partial charge in [-0.1, -0.05) is 6.07 Å². The molecule has 0 bridgehead atoms. The molecule has 1 aromatic carbocycles. The largest absolute Gasteiger partial charge is 0.487 e. The minimum absolute atomic E-state index is 0.201. The molecule has 4 aromatic rings. The molecule has 0 saturated heterocycles. The summed E-state index contributed by atoms with van der Waals surface area (Å²) in [5.41, 5.74) is 4.91. The first-order valence-electron chi connectivity index (χ1n) is 10.1. The zero-order chi connectivity index (χ0) is 22.7. The van der Waals surface area contributed by atoms with Gasteiger partial charge in [0, 0.05) is 25.0 Å². The van der Waals surface area contributed by atoms with Crippen LogP contribution in [0.5, 0.6) is 5.75 Å². The second-order valence-corrected chi connectivity index (χ2v) is 7.46. The number of ether oxygens (including phenoxy) is 1. The van der Waals surface area contributed by atoms with Crippen molar-refractivity contribution < 1.29 is 4.74 Å². The van der Waals surface area contributed by atoms with Crippen LogP contribution in [0.1, 0.15) is 23.9 Å². The smallest absolute Gasteiger partial charge is 0.227 e. The molecule has 0 aliphatic heterocycles. The lowest BCUT2D eigenvalue weighted by molar-refractivity contribution is 0.193. The van der Waals surface area contributed by atoms with Crippen LogP contribution in [0.3, 0.4) is 0 Å². The Balaban J connectivity index is 1.53. The predicted octanol–water partition coefficient (Wildman–Crippen LogP) is 3.17. The number of anilines is 2. The molecule has 162 valence electrons. The number of benzene rings is 1. The Morgan fingerprint density at radius 3 is 2.59 bits per heavy atom. The molecule has 4 rings (SSSR count). The molecule has 10 nitrogen and oxygen atoms in total. The van der Waals surface area contributed by atoms with Gasteiger partial charge in [0.25, 0.3) is 0 Å². The van der Waals surface area contributed by atoms with Gasteiger partial charge in [0.05, 0.1) is 29.2 Å². The molecule has 1 N–H and O–H groups in total. The van der Waals surface area contributed by atoms with Crippen LogP contribution in [0.4, 0.5) is 11.6 Å². The van der Waals surface area contributed by atoms with Gasteiger partial charge in [-0.2, -0.15) is 15.5 Å². The Labute approximate surface area is 185 Å². The lowest BCUT2D eigenvalue weighted by Crippen LogP contribution is -2.20. The van der Waals surface area contributed by atoms with Crippen LogP contribution in [-0.2, 0) is 13.6 Å². The Morgan fingerprint density at radius 1 is 1.19 bits per heavy atom. The summed E-state index contributed by atoms with van der Waals surface area (Å²) in [4.78, 5) is 12.8. The minimum atomic E-state index is -0.201. The van der Waals surface area contributed by atoms with Gasteiger partial charge in [0.1, 0.15) is 30.6 Å². The Morgan fingerprint density at radius 2 is 1.97 bits per heavy atom. The number of aryl methyl sites for hydroxylation is 2. The average Bonchev–Trinajstić information content (AvgIpc) is 3.37. The quantitative estimate of drug-likeness (QED) is 0.476. The van der Waals surface area contributed by atoms with E-state index in [0.29, 0.717) is 23.8 Å². The average molecular weight is 429 g/mol. The number of nitrogens with one attached hydrogen (secondary N) is 1. The molecule has 0 aliphatic carbocycles. The summed E-state index contributed by atoms with van der Waals surface area (Å²) in [5, 5.41) is 21.2. The first-order valence-corrected chi connectivity index (χ1v) is 10.1. The fraction of sp³-hybridized carbons (Fsp3) is 0.273. The van der Waals surface area contributed by atoms with Crippen LogP contribution in [-0.4, -0.2) is 40.6 Å². The molecule has 0 spiro atoms. The topological polar surface area (TPSA) is 119 Å². The molecule has 3 aromatic heterocycles. The summed E-state index contributed by atoms with van der Waals surface area (Å²) in [7, 11) is 1.90. The van der Waals surface area contributed by atoms with Crippen LogP contribution in [0.15, 0.2) is 43.2 Å². The van der Waals surface area contributed by atoms with Crippen molar-refractivity contribution in [1.29, 1.82) is 5.26 Å². The number of nitrogens with zero attached hydrogens (tertiary/aromatic N) is 8. The van der Waals surface area contributed by atoms with Crippen molar-refractivity contribution >= 4 is 11.6 Å². The van der Waals surface area contributed by atoms with Gasteiger partial charge in [-0.05, 0) is 38.5 Å². The van der Waals surface area contributed by atoms with Crippen LogP contribution in [0, 0.1) is 25.2 Å². The Hall–Kier alpha value is -4.26. The molecule has 3 heterocycles. The molecular formula is C22H23N9O. The molecule has 0 saturated carbocycles. The molecular weight excluding hydrogens is 406 g/mol. The molecule has 0 fully saturated rings. The van der Waals surface area contributed by atoms with Crippen LogP contribution in [0.25, 0.3) is 11.1 Å². The van der Waals surface area contributed by atoms with Gasteiger partial charge in [-0.15, -0.1) is 0 Å². The number of aromatic nitrogens is 7. The minimum Gasteiger partial charge on any atom is -0.487 e. The van der Waals surface area contributed by atoms with Gasteiger partial charge in [-0.3, -0.25) is 4.68 Å². The van der Waals surface area contributed by atoms with E-state index in [1.807, 2.05) is 44.6 Å². The van der Waals surface area contributed by atoms with E-state index in [2.05, 4.69) is 36.5 Å². The number of hydrogen-bond acceptors (Lipinski definition) is 8. The fourth-order valence-corrected chi connectivity index (χ4v) is 3.34. The highest BCUT2D eigenvalue weighted by atomic mass is 16.5. The van der Waals surface area contributed by atoms with Crippen molar-refractivity contribution in [2.75, 3.05) is 5.32 Å². The van der Waals surface area contributed by atoms with E-state index >= 15 is 0 Å². The Bertz CT molecular complexity index is 1250. The molecule has 0 radical (unpaired) electrons. The summed E-state index contributed by atoms with van der Waals surface area (Å²) < 4.78 is 9.53. The van der Waals surface area contributed by atoms with Gasteiger partial charge in [0.15, 0.2) is 0 Å². The summed E-state index contributed by atoms with van der Waals surface area (Å²) in [6, 6.07) is 7.60. The maximum absolute atomic E-state index is 9.48. The van der Waals surface area contributed by atoms with Crippen molar-refractivity contribution in [3.63, 3.8) is 0 Å². The third kappa shape index (κ3) is 4.41. The number of hydrogen-bond donors (Lipinski definition) is 1. The van der Waals surface area contributed by atoms with Gasteiger partial charge < -0.3 is 10.1 Å². The van der Waals surface area contributed by atoms with E-state index in [9.17, 15) is 5.26 Å². The molecule has 0 aliphatic rings. The van der Waals surface area contributed by atoms with Crippen molar-refractivity contribution in [2.45, 2.75) is 33.4 Å². The standard InChI is InChI=1S/C22H23N9O/c1-14(11-31-13-24-12-27-31)32-20-7-17(5-6-18(20)8-23)19-9-25-22(26-10-19)28-21-15(2)29-30(4)16(21)3/h5-7,9-10,12-14H,11H2,1-4H3,(H,25,26,28). The fourth-order valence-electron chi connectivity index (χ4n) is 3.34. The van der Waals surface area contributed by atoms with E-state index < -0.39 is 0 Å². The molecule has 32 heavy (non-hydrogen) atoms. The van der Waals surface area contributed by atoms with E-state index in [1.165, 1.54) is 6.33 Å². The monoisotopic (exact) mass is 429 g/mol. The first-order chi connectivity index (χ1) is 15.4. The molecule has 1 atom stereocenters. The van der Waals surface area contributed by atoms with E-state index in [1.54, 1.807) is 29.5 Å². The zero-order valence-corrected chi connectivity index (χ0v) is 18.3. The van der Waals surface area contributed by atoms with Gasteiger partial charge in [-0.25, -0.2) is 19.6 Å². The number of nitriles is 1. The van der Waals surface area contributed by atoms with Crippen molar-refractivity contribution in [1.82, 2.24) is 34.5 Å². The van der Waals surface area contributed by atoms with E-state index in [-0.39, 0.29) is 6.10 Å². The van der Waals surface area contributed by atoms with Crippen molar-refractivity contribution in [3.8, 4) is 22.9 Å². The summed E-state index contributed by atoms with van der Waals surface area (Å²) in [6.45, 7) is 6.36.